The maximum atomic E-state index is 13.0. The molecule has 0 radical (unpaired) electrons. The van der Waals surface area contributed by atoms with Gasteiger partial charge in [0.25, 0.3) is 11.8 Å². The minimum Gasteiger partial charge on any atom is -0.479 e. The molecule has 0 aromatic carbocycles. The Morgan fingerprint density at radius 1 is 1.32 bits per heavy atom. The molecule has 2 aliphatic rings. The summed E-state index contributed by atoms with van der Waals surface area (Å²) < 4.78 is 5.50. The van der Waals surface area contributed by atoms with Crippen LogP contribution in [0.2, 0.25) is 0 Å². The number of carbonyl (C=O) groups is 4. The maximum absolute atomic E-state index is 13.0. The van der Waals surface area contributed by atoms with Crippen molar-refractivity contribution in [3.8, 4) is 0 Å². The van der Waals surface area contributed by atoms with Gasteiger partial charge < -0.3 is 31.0 Å². The third-order valence-electron chi connectivity index (χ3n) is 5.38. The summed E-state index contributed by atoms with van der Waals surface area (Å²) in [5, 5.41) is 36.2. The van der Waals surface area contributed by atoms with Crippen LogP contribution in [0.3, 0.4) is 0 Å². The molecule has 18 nitrogen and oxygen atoms in total. The molecule has 214 valence electrons. The van der Waals surface area contributed by atoms with Crippen molar-refractivity contribution in [3.63, 3.8) is 0 Å². The summed E-state index contributed by atoms with van der Waals surface area (Å²) in [5.41, 5.74) is 5.43. The van der Waals surface area contributed by atoms with Crippen LogP contribution in [0.15, 0.2) is 21.6 Å². The van der Waals surface area contributed by atoms with Gasteiger partial charge in [0.15, 0.2) is 5.13 Å². The van der Waals surface area contributed by atoms with Crippen LogP contribution in [-0.4, -0.2) is 129 Å². The van der Waals surface area contributed by atoms with E-state index in [2.05, 4.69) is 40.2 Å². The molecular formula is C19H23N11O7S3. The fraction of sp³-hybridized carbons (Fsp3) is 0.474. The van der Waals surface area contributed by atoms with Crippen LogP contribution >= 0.6 is 35.1 Å². The van der Waals surface area contributed by atoms with Gasteiger partial charge in [-0.3, -0.25) is 14.5 Å². The van der Waals surface area contributed by atoms with E-state index in [0.29, 0.717) is 23.8 Å². The number of carbonyl (C=O) groups excluding carboxylic acids is 2. The first-order valence-electron chi connectivity index (χ1n) is 11.3. The lowest BCUT2D eigenvalue weighted by Gasteiger charge is -2.49. The Bertz CT molecular complexity index is 1370. The van der Waals surface area contributed by atoms with Crippen molar-refractivity contribution in [2.24, 2.45) is 5.16 Å². The summed E-state index contributed by atoms with van der Waals surface area (Å²) in [5.74, 6) is -3.88. The highest BCUT2D eigenvalue weighted by Crippen LogP contribution is 2.41. The van der Waals surface area contributed by atoms with Crippen molar-refractivity contribution in [2.75, 3.05) is 44.5 Å². The second-order valence-corrected chi connectivity index (χ2v) is 11.3. The van der Waals surface area contributed by atoms with E-state index in [1.165, 1.54) is 23.5 Å². The topological polar surface area (TPSA) is 244 Å². The minimum absolute atomic E-state index is 0.0239. The third-order valence-corrected chi connectivity index (χ3v) is 8.31. The highest BCUT2D eigenvalue weighted by Gasteiger charge is 2.54. The number of aromatic nitrogens is 6. The summed E-state index contributed by atoms with van der Waals surface area (Å²) in [6, 6.07) is -1.08. The zero-order chi connectivity index (χ0) is 29.0. The molecule has 21 heteroatoms. The molecule has 0 aliphatic carbocycles. The summed E-state index contributed by atoms with van der Waals surface area (Å²) in [6.07, 6.45) is 0. The van der Waals surface area contributed by atoms with E-state index >= 15 is 0 Å². The molecule has 40 heavy (non-hydrogen) atoms. The van der Waals surface area contributed by atoms with Gasteiger partial charge in [-0.1, -0.05) is 16.9 Å². The zero-order valence-electron chi connectivity index (χ0n) is 21.0. The van der Waals surface area contributed by atoms with Gasteiger partial charge in [-0.25, -0.2) is 14.3 Å². The number of oxime groups is 1. The number of amides is 2. The van der Waals surface area contributed by atoms with Gasteiger partial charge in [-0.05, 0) is 30.1 Å². The number of likely N-dealkylation sites (N-methyl/N-ethyl adjacent to an activating group) is 1. The summed E-state index contributed by atoms with van der Waals surface area (Å²) in [6.45, 7) is 0.421. The van der Waals surface area contributed by atoms with Gasteiger partial charge >= 0.3 is 11.9 Å². The van der Waals surface area contributed by atoms with Crippen LogP contribution in [0.25, 0.3) is 0 Å². The SMILES string of the molecule is CN(C)CCn1nnnc1SCC1=C(C(=O)O)N2C(=O)C(NC(=O)/C(=N\OCC(=O)O)c3nsc(N)n3)[C@H]2SC1. The number of nitrogens with one attached hydrogen (secondary N) is 1. The van der Waals surface area contributed by atoms with Crippen molar-refractivity contribution in [3.05, 3.63) is 17.1 Å². The number of carboxylic acid groups (broad SMARTS) is 2. The number of anilines is 1. The van der Waals surface area contributed by atoms with Crippen molar-refractivity contribution in [2.45, 2.75) is 23.1 Å². The number of aliphatic carboxylic acids is 2. The molecular weight excluding hydrogens is 590 g/mol. The van der Waals surface area contributed by atoms with Crippen LogP contribution in [0.4, 0.5) is 5.13 Å². The number of thioether (sulfide) groups is 2. The molecule has 4 heterocycles. The predicted molar refractivity (Wildman–Crippen MR) is 141 cm³/mol. The Morgan fingerprint density at radius 3 is 2.75 bits per heavy atom. The number of nitrogen functional groups attached to an aromatic ring is 1. The number of tetrazole rings is 1. The lowest BCUT2D eigenvalue weighted by molar-refractivity contribution is -0.150. The van der Waals surface area contributed by atoms with Crippen LogP contribution in [0.1, 0.15) is 5.82 Å². The highest BCUT2D eigenvalue weighted by molar-refractivity contribution is 8.01. The lowest BCUT2D eigenvalue weighted by Crippen LogP contribution is -2.71. The standard InChI is InChI=1S/C19H23N11O7S3/c1-28(2)3-4-29-19(23-26-27-29)39-7-8-6-38-16-11(15(34)30(16)12(8)17(35)36)21-14(33)10(24-37-5-9(31)32)13-22-18(20)40-25-13/h11,16H,3-7H2,1-2H3,(H,21,33)(H,31,32)(H,35,36)(H2,20,22,25)/b24-10-/t11?,16-/m1/s1. The smallest absolute Gasteiger partial charge is 0.352 e. The van der Waals surface area contributed by atoms with Crippen LogP contribution in [-0.2, 0) is 30.6 Å². The molecule has 1 saturated heterocycles. The molecule has 2 aromatic heterocycles. The van der Waals surface area contributed by atoms with Crippen LogP contribution in [0.5, 0.6) is 0 Å². The van der Waals surface area contributed by atoms with Crippen molar-refractivity contribution in [1.29, 1.82) is 0 Å². The Kier molecular flexibility index (Phi) is 9.17. The maximum Gasteiger partial charge on any atom is 0.352 e. The number of hydrogen-bond donors (Lipinski definition) is 4. The van der Waals surface area contributed by atoms with E-state index in [9.17, 15) is 24.3 Å². The van der Waals surface area contributed by atoms with Crippen molar-refractivity contribution >= 4 is 69.7 Å². The lowest BCUT2D eigenvalue weighted by atomic mass is 10.0. The quantitative estimate of drug-likeness (QED) is 0.0826. The number of nitrogens with zero attached hydrogens (tertiary/aromatic N) is 9. The summed E-state index contributed by atoms with van der Waals surface area (Å²) >= 11 is 3.31. The first-order chi connectivity index (χ1) is 19.1. The molecule has 1 fully saturated rings. The number of nitrogens with two attached hydrogens (primary N) is 1. The van der Waals surface area contributed by atoms with E-state index < -0.39 is 47.5 Å². The average Bonchev–Trinajstić information content (AvgIpc) is 3.54. The second kappa shape index (κ2) is 12.6. The van der Waals surface area contributed by atoms with Crippen LogP contribution in [0, 0.1) is 0 Å². The van der Waals surface area contributed by atoms with E-state index in [1.54, 1.807) is 4.68 Å². The molecule has 5 N–H and O–H groups in total. The molecule has 4 rings (SSSR count). The fourth-order valence-corrected chi connectivity index (χ4v) is 6.38. The zero-order valence-corrected chi connectivity index (χ0v) is 23.4. The number of β-lactam (4-membered cyclic amide) rings is 1. The van der Waals surface area contributed by atoms with Gasteiger partial charge in [0.1, 0.15) is 17.1 Å². The molecule has 0 bridgehead atoms. The van der Waals surface area contributed by atoms with Crippen LogP contribution < -0.4 is 11.1 Å². The Morgan fingerprint density at radius 2 is 2.10 bits per heavy atom. The fourth-order valence-electron chi connectivity index (χ4n) is 3.56. The highest BCUT2D eigenvalue weighted by atomic mass is 32.2. The summed E-state index contributed by atoms with van der Waals surface area (Å²) in [4.78, 5) is 60.6. The third kappa shape index (κ3) is 6.48. The van der Waals surface area contributed by atoms with Crippen molar-refractivity contribution in [1.82, 2.24) is 44.7 Å². The van der Waals surface area contributed by atoms with Gasteiger partial charge in [-0.2, -0.15) is 9.36 Å². The van der Waals surface area contributed by atoms with Gasteiger partial charge in [0.05, 0.1) is 6.54 Å². The second-order valence-electron chi connectivity index (χ2n) is 8.46. The normalized spacial score (nSPS) is 18.9. The van der Waals surface area contributed by atoms with E-state index in [0.717, 1.165) is 16.4 Å². The molecule has 2 aliphatic heterocycles. The number of fused-ring (bicyclic) bond motifs is 1. The Labute approximate surface area is 238 Å². The number of carboxylic acids is 2. The Balaban J connectivity index is 1.46. The van der Waals surface area contributed by atoms with E-state index in [-0.39, 0.29) is 28.2 Å². The number of rotatable bonds is 13. The molecule has 0 saturated carbocycles. The number of hydrogen-bond acceptors (Lipinski definition) is 16. The molecule has 1 unspecified atom stereocenters. The average molecular weight is 614 g/mol. The monoisotopic (exact) mass is 613 g/mol. The van der Waals surface area contributed by atoms with E-state index in [1.807, 2.05) is 19.0 Å². The first-order valence-corrected chi connectivity index (χ1v) is 14.1. The molecule has 0 spiro atoms. The van der Waals surface area contributed by atoms with Gasteiger partial charge in [0, 0.05) is 29.6 Å². The molecule has 2 amide bonds. The summed E-state index contributed by atoms with van der Waals surface area (Å²) in [7, 11) is 3.84. The molecule has 2 aromatic rings. The first kappa shape index (κ1) is 29.2. The predicted octanol–water partition coefficient (Wildman–Crippen LogP) is -2.00. The molecule has 2 atom stereocenters. The van der Waals surface area contributed by atoms with Crippen molar-refractivity contribution < 1.29 is 34.2 Å². The minimum atomic E-state index is -1.33. The van der Waals surface area contributed by atoms with Gasteiger partial charge in [0.2, 0.25) is 23.3 Å². The Hall–Kier alpha value is -3.82. The largest absolute Gasteiger partial charge is 0.479 e. The van der Waals surface area contributed by atoms with Gasteiger partial charge in [-0.15, -0.1) is 16.9 Å². The van der Waals surface area contributed by atoms with E-state index in [4.69, 9.17) is 10.8 Å².